The van der Waals surface area contributed by atoms with Gasteiger partial charge in [0.25, 0.3) is 0 Å². The second-order valence-electron chi connectivity index (χ2n) is 9.12. The summed E-state index contributed by atoms with van der Waals surface area (Å²) in [5, 5.41) is 2.52. The number of hydrogen-bond acceptors (Lipinski definition) is 4. The molecule has 4 nitrogen and oxygen atoms in total. The maximum absolute atomic E-state index is 6.31. The number of benzene rings is 4. The number of halogens is 1. The van der Waals surface area contributed by atoms with Crippen molar-refractivity contribution in [2.24, 2.45) is 0 Å². The summed E-state index contributed by atoms with van der Waals surface area (Å²) in [6.07, 6.45) is 0. The Kier molecular flexibility index (Phi) is 5.35. The van der Waals surface area contributed by atoms with E-state index in [1.54, 1.807) is 0 Å². The molecule has 170 valence electrons. The molecule has 0 saturated carbocycles. The monoisotopic (exact) mass is 535 g/mol. The summed E-state index contributed by atoms with van der Waals surface area (Å²) in [5.74, 6) is 3.85. The van der Waals surface area contributed by atoms with Crippen molar-refractivity contribution in [3.63, 3.8) is 0 Å². The molecular formula is C29H22BrN3OSi. The van der Waals surface area contributed by atoms with Gasteiger partial charge in [-0.3, -0.25) is 0 Å². The molecule has 6 heteroatoms. The van der Waals surface area contributed by atoms with Crippen molar-refractivity contribution in [1.29, 1.82) is 0 Å². The van der Waals surface area contributed by atoms with E-state index in [2.05, 4.69) is 53.3 Å². The summed E-state index contributed by atoms with van der Waals surface area (Å²) < 4.78 is 7.37. The van der Waals surface area contributed by atoms with Gasteiger partial charge >= 0.3 is 0 Å². The second-order valence-corrected chi connectivity index (χ2v) is 14.4. The lowest BCUT2D eigenvalue weighted by Crippen LogP contribution is -2.56. The average molecular weight is 537 g/mol. The van der Waals surface area contributed by atoms with Crippen LogP contribution in [0.25, 0.3) is 34.2 Å². The molecule has 2 heterocycles. The average Bonchev–Trinajstić information content (AvgIpc) is 2.90. The molecule has 4 aromatic carbocycles. The Hall–Kier alpha value is -3.61. The van der Waals surface area contributed by atoms with Gasteiger partial charge in [0, 0.05) is 21.2 Å². The molecule has 0 saturated heterocycles. The van der Waals surface area contributed by atoms with Crippen LogP contribution in [0.15, 0.2) is 102 Å². The van der Waals surface area contributed by atoms with Crippen LogP contribution < -0.4 is 15.1 Å². The van der Waals surface area contributed by atoms with Gasteiger partial charge in [0.2, 0.25) is 0 Å². The van der Waals surface area contributed by atoms with Gasteiger partial charge in [0.1, 0.15) is 19.6 Å². The van der Waals surface area contributed by atoms with E-state index in [9.17, 15) is 0 Å². The lowest BCUT2D eigenvalue weighted by atomic mass is 10.1. The third-order valence-corrected chi connectivity index (χ3v) is 10.4. The maximum Gasteiger partial charge on any atom is 0.164 e. The number of hydrogen-bond donors (Lipinski definition) is 0. The topological polar surface area (TPSA) is 47.9 Å². The van der Waals surface area contributed by atoms with Gasteiger partial charge in [-0.1, -0.05) is 89.7 Å². The van der Waals surface area contributed by atoms with E-state index in [1.165, 1.54) is 10.4 Å². The Morgan fingerprint density at radius 1 is 0.571 bits per heavy atom. The molecule has 0 atom stereocenters. The molecule has 0 aliphatic carbocycles. The smallest absolute Gasteiger partial charge is 0.164 e. The number of nitrogens with zero attached hydrogens (tertiary/aromatic N) is 3. The van der Waals surface area contributed by atoms with Crippen LogP contribution in [0.4, 0.5) is 0 Å². The van der Waals surface area contributed by atoms with Crippen molar-refractivity contribution in [1.82, 2.24) is 15.0 Å². The number of rotatable bonds is 3. The van der Waals surface area contributed by atoms with Crippen molar-refractivity contribution in [2.45, 2.75) is 13.1 Å². The zero-order valence-corrected chi connectivity index (χ0v) is 22.0. The van der Waals surface area contributed by atoms with Crippen LogP contribution >= 0.6 is 15.9 Å². The first-order valence-corrected chi connectivity index (χ1v) is 15.3. The SMILES string of the molecule is C[Si]1(C)c2cc(Br)ccc2Oc2ccc(-c3nc(-c4ccccc4)nc(-c4ccccc4)n3)cc21. The fraction of sp³-hybridized carbons (Fsp3) is 0.0690. The second kappa shape index (κ2) is 8.55. The Bertz CT molecular complexity index is 1500. The van der Waals surface area contributed by atoms with Gasteiger partial charge in [0.15, 0.2) is 17.5 Å². The largest absolute Gasteiger partial charge is 0.458 e. The number of fused-ring (bicyclic) bond motifs is 2. The minimum absolute atomic E-state index is 0.658. The Labute approximate surface area is 213 Å². The molecule has 0 bridgehead atoms. The van der Waals surface area contributed by atoms with Crippen molar-refractivity contribution < 1.29 is 4.74 Å². The highest BCUT2D eigenvalue weighted by molar-refractivity contribution is 9.10. The fourth-order valence-corrected chi connectivity index (χ4v) is 7.92. The van der Waals surface area contributed by atoms with Crippen molar-refractivity contribution >= 4 is 34.4 Å². The molecule has 0 radical (unpaired) electrons. The minimum Gasteiger partial charge on any atom is -0.458 e. The van der Waals surface area contributed by atoms with Crippen LogP contribution in [0.3, 0.4) is 0 Å². The number of aromatic nitrogens is 3. The summed E-state index contributed by atoms with van der Waals surface area (Å²) in [7, 11) is -2.01. The van der Waals surface area contributed by atoms with Crippen molar-refractivity contribution in [3.05, 3.63) is 102 Å². The molecular weight excluding hydrogens is 514 g/mol. The molecule has 0 N–H and O–H groups in total. The fourth-order valence-electron chi connectivity index (χ4n) is 4.53. The van der Waals surface area contributed by atoms with Crippen molar-refractivity contribution in [2.75, 3.05) is 0 Å². The molecule has 0 spiro atoms. The molecule has 1 aliphatic rings. The van der Waals surface area contributed by atoms with Gasteiger partial charge in [-0.15, -0.1) is 0 Å². The van der Waals surface area contributed by atoms with E-state index in [-0.39, 0.29) is 0 Å². The van der Waals surface area contributed by atoms with Gasteiger partial charge in [0.05, 0.1) is 0 Å². The first kappa shape index (κ1) is 21.9. The highest BCUT2D eigenvalue weighted by atomic mass is 79.9. The van der Waals surface area contributed by atoms with E-state index in [1.807, 2.05) is 72.8 Å². The lowest BCUT2D eigenvalue weighted by molar-refractivity contribution is 0.486. The van der Waals surface area contributed by atoms with Gasteiger partial charge in [-0.2, -0.15) is 0 Å². The zero-order valence-electron chi connectivity index (χ0n) is 19.4. The Balaban J connectivity index is 1.52. The molecule has 1 aliphatic heterocycles. The van der Waals surface area contributed by atoms with Crippen LogP contribution in [0.5, 0.6) is 11.5 Å². The Morgan fingerprint density at radius 2 is 1.06 bits per heavy atom. The van der Waals surface area contributed by atoms with Crippen LogP contribution in [0, 0.1) is 0 Å². The van der Waals surface area contributed by atoms with Gasteiger partial charge < -0.3 is 4.74 Å². The normalized spacial score (nSPS) is 13.5. The molecule has 0 unspecified atom stereocenters. The standard InChI is InChI=1S/C29H22BrN3OSi/c1-35(2)25-17-21(13-15-23(25)34-24-16-14-22(30)18-26(24)35)29-32-27(19-9-5-3-6-10-19)31-28(33-29)20-11-7-4-8-12-20/h3-18H,1-2H3. The van der Waals surface area contributed by atoms with Crippen LogP contribution in [0.1, 0.15) is 0 Å². The van der Waals surface area contributed by atoms with E-state index < -0.39 is 8.07 Å². The van der Waals surface area contributed by atoms with Gasteiger partial charge in [-0.05, 0) is 46.8 Å². The first-order chi connectivity index (χ1) is 17.0. The van der Waals surface area contributed by atoms with E-state index in [4.69, 9.17) is 19.7 Å². The molecule has 5 aromatic rings. The van der Waals surface area contributed by atoms with Crippen LogP contribution in [-0.2, 0) is 0 Å². The van der Waals surface area contributed by atoms with Crippen molar-refractivity contribution in [3.8, 4) is 45.7 Å². The quantitative estimate of drug-likeness (QED) is 0.245. The summed E-state index contributed by atoms with van der Waals surface area (Å²) in [4.78, 5) is 14.6. The third-order valence-electron chi connectivity index (χ3n) is 6.45. The van der Waals surface area contributed by atoms with Crippen LogP contribution in [0.2, 0.25) is 13.1 Å². The molecule has 0 amide bonds. The summed E-state index contributed by atoms with van der Waals surface area (Å²) >= 11 is 3.63. The highest BCUT2D eigenvalue weighted by Gasteiger charge is 2.36. The molecule has 0 fully saturated rings. The zero-order chi connectivity index (χ0) is 24.0. The third kappa shape index (κ3) is 3.99. The number of ether oxygens (including phenoxy) is 1. The lowest BCUT2D eigenvalue weighted by Gasteiger charge is -2.33. The molecule has 35 heavy (non-hydrogen) atoms. The first-order valence-electron chi connectivity index (χ1n) is 11.5. The predicted molar refractivity (Wildman–Crippen MR) is 147 cm³/mol. The van der Waals surface area contributed by atoms with Gasteiger partial charge in [-0.25, -0.2) is 15.0 Å². The van der Waals surface area contributed by atoms with Crippen LogP contribution in [-0.4, -0.2) is 23.0 Å². The summed E-state index contributed by atoms with van der Waals surface area (Å²) in [6, 6.07) is 32.7. The molecule has 1 aromatic heterocycles. The van der Waals surface area contributed by atoms with E-state index in [0.717, 1.165) is 32.7 Å². The Morgan fingerprint density at radius 3 is 1.63 bits per heavy atom. The molecule has 6 rings (SSSR count). The predicted octanol–water partition coefficient (Wildman–Crippen LogP) is 6.56. The highest BCUT2D eigenvalue weighted by Crippen LogP contribution is 2.33. The summed E-state index contributed by atoms with van der Waals surface area (Å²) in [6.45, 7) is 4.73. The summed E-state index contributed by atoms with van der Waals surface area (Å²) in [5.41, 5.74) is 2.88. The maximum atomic E-state index is 6.31. The van der Waals surface area contributed by atoms with E-state index >= 15 is 0 Å². The van der Waals surface area contributed by atoms with E-state index in [0.29, 0.717) is 17.5 Å². The minimum atomic E-state index is -2.01.